The molecule has 0 radical (unpaired) electrons. The van der Waals surface area contributed by atoms with Gasteiger partial charge in [0, 0.05) is 33.6 Å². The highest BCUT2D eigenvalue weighted by atomic mass is 16.5. The highest BCUT2D eigenvalue weighted by Crippen LogP contribution is 2.62. The smallest absolute Gasteiger partial charge is 0.133 e. The molecule has 7 nitrogen and oxygen atoms in total. The summed E-state index contributed by atoms with van der Waals surface area (Å²) in [6.07, 6.45) is 0. The molecule has 7 aromatic carbocycles. The zero-order chi connectivity index (χ0) is 37.1. The van der Waals surface area contributed by atoms with Gasteiger partial charge in [-0.05, 0) is 65.2 Å². The topological polar surface area (TPSA) is 108 Å². The van der Waals surface area contributed by atoms with E-state index in [0.29, 0.717) is 28.2 Å². The summed E-state index contributed by atoms with van der Waals surface area (Å²) in [6.45, 7) is 0. The second-order valence-electron chi connectivity index (χ2n) is 13.7. The molecule has 1 N–H and O–H groups in total. The Bertz CT molecular complexity index is 2800. The summed E-state index contributed by atoms with van der Waals surface area (Å²) >= 11 is 0. The van der Waals surface area contributed by atoms with Gasteiger partial charge in [-0.15, -0.1) is 0 Å². The minimum absolute atomic E-state index is 0.258. The van der Waals surface area contributed by atoms with E-state index in [1.54, 1.807) is 12.1 Å². The summed E-state index contributed by atoms with van der Waals surface area (Å²) in [5.41, 5.74) is 10.4. The second-order valence-corrected chi connectivity index (χ2v) is 13.7. The van der Waals surface area contributed by atoms with Gasteiger partial charge in [-0.3, -0.25) is 4.99 Å². The fourth-order valence-electron chi connectivity index (χ4n) is 8.59. The van der Waals surface area contributed by atoms with Crippen molar-refractivity contribution in [1.82, 2.24) is 0 Å². The third-order valence-corrected chi connectivity index (χ3v) is 10.9. The van der Waals surface area contributed by atoms with Crippen molar-refractivity contribution in [3.63, 3.8) is 0 Å². The number of ether oxygens (including phenoxy) is 1. The Labute approximate surface area is 317 Å². The molecule has 7 heteroatoms. The van der Waals surface area contributed by atoms with Crippen molar-refractivity contribution < 1.29 is 4.74 Å². The van der Waals surface area contributed by atoms with Crippen molar-refractivity contribution in [3.05, 3.63) is 213 Å². The van der Waals surface area contributed by atoms with Crippen molar-refractivity contribution in [3.8, 4) is 29.7 Å². The molecule has 0 fully saturated rings. The Morgan fingerprint density at radius 2 is 1.09 bits per heavy atom. The second kappa shape index (κ2) is 12.3. The van der Waals surface area contributed by atoms with E-state index in [1.807, 2.05) is 72.8 Å². The molecule has 1 atom stereocenters. The molecule has 1 unspecified atom stereocenters. The molecule has 3 aliphatic heterocycles. The van der Waals surface area contributed by atoms with Gasteiger partial charge in [0.05, 0.1) is 39.5 Å². The van der Waals surface area contributed by atoms with E-state index in [4.69, 9.17) is 9.73 Å². The lowest BCUT2D eigenvalue weighted by atomic mass is 9.61. The first kappa shape index (κ1) is 31.8. The molecule has 0 aliphatic carbocycles. The van der Waals surface area contributed by atoms with Gasteiger partial charge in [-0.25, -0.2) is 0 Å². The number of anilines is 4. The van der Waals surface area contributed by atoms with Crippen molar-refractivity contribution in [1.29, 1.82) is 15.8 Å². The van der Waals surface area contributed by atoms with Crippen LogP contribution in [-0.4, -0.2) is 5.84 Å². The summed E-state index contributed by atoms with van der Waals surface area (Å²) in [6, 6.07) is 58.8. The largest absolute Gasteiger partial charge is 0.457 e. The molecule has 10 rings (SSSR count). The first-order chi connectivity index (χ1) is 27.1. The van der Waals surface area contributed by atoms with Crippen molar-refractivity contribution in [2.45, 2.75) is 11.5 Å². The first-order valence-electron chi connectivity index (χ1n) is 17.9. The highest BCUT2D eigenvalue weighted by molar-refractivity contribution is 6.10. The third kappa shape index (κ3) is 4.63. The summed E-state index contributed by atoms with van der Waals surface area (Å²) in [5, 5.41) is 34.1. The van der Waals surface area contributed by atoms with E-state index in [0.717, 1.165) is 56.4 Å². The molecule has 1 spiro atoms. The van der Waals surface area contributed by atoms with Crippen LogP contribution >= 0.6 is 0 Å². The maximum absolute atomic E-state index is 10.9. The molecule has 55 heavy (non-hydrogen) atoms. The van der Waals surface area contributed by atoms with Gasteiger partial charge in [0.2, 0.25) is 0 Å². The van der Waals surface area contributed by atoms with Gasteiger partial charge in [0.25, 0.3) is 0 Å². The first-order valence-corrected chi connectivity index (χ1v) is 17.9. The molecular weight excluding hydrogens is 677 g/mol. The van der Waals surface area contributed by atoms with Gasteiger partial charge >= 0.3 is 0 Å². The number of nitriles is 3. The van der Waals surface area contributed by atoms with Crippen LogP contribution in [0.25, 0.3) is 0 Å². The van der Waals surface area contributed by atoms with E-state index >= 15 is 0 Å². The lowest BCUT2D eigenvalue weighted by Gasteiger charge is -2.48. The van der Waals surface area contributed by atoms with Crippen LogP contribution in [0.3, 0.4) is 0 Å². The number of hydrogen-bond acceptors (Lipinski definition) is 7. The number of amidine groups is 1. The Morgan fingerprint density at radius 3 is 1.71 bits per heavy atom. The summed E-state index contributed by atoms with van der Waals surface area (Å²) in [4.78, 5) is 7.39. The number of benzene rings is 7. The Morgan fingerprint density at radius 1 is 0.545 bits per heavy atom. The number of hydrogen-bond donors (Lipinski definition) is 1. The Kier molecular flexibility index (Phi) is 7.14. The van der Waals surface area contributed by atoms with E-state index in [9.17, 15) is 15.8 Å². The highest BCUT2D eigenvalue weighted by Gasteiger charge is 2.51. The predicted octanol–water partition coefficient (Wildman–Crippen LogP) is 10.5. The van der Waals surface area contributed by atoms with Gasteiger partial charge in [-0.2, -0.15) is 15.8 Å². The number of fused-ring (bicyclic) bond motifs is 9. The average molecular weight is 705 g/mol. The van der Waals surface area contributed by atoms with E-state index in [-0.39, 0.29) is 11.1 Å². The molecule has 0 saturated heterocycles. The van der Waals surface area contributed by atoms with Gasteiger partial charge in [0.1, 0.15) is 35.5 Å². The number of aliphatic imine (C=N–C) groups is 1. The zero-order valence-electron chi connectivity index (χ0n) is 29.2. The van der Waals surface area contributed by atoms with E-state index in [2.05, 4.69) is 101 Å². The van der Waals surface area contributed by atoms with Crippen molar-refractivity contribution in [2.75, 3.05) is 10.2 Å². The monoisotopic (exact) mass is 704 g/mol. The number of para-hydroxylation sites is 4. The summed E-state index contributed by atoms with van der Waals surface area (Å²) in [7, 11) is 0. The molecule has 0 saturated carbocycles. The fourth-order valence-corrected chi connectivity index (χ4v) is 8.59. The van der Waals surface area contributed by atoms with E-state index in [1.165, 1.54) is 0 Å². The van der Waals surface area contributed by atoms with Crippen LogP contribution in [0, 0.1) is 34.0 Å². The third-order valence-electron chi connectivity index (χ3n) is 10.9. The fraction of sp³-hybridized carbons (Fsp3) is 0.0417. The van der Waals surface area contributed by atoms with Crippen LogP contribution in [0.1, 0.15) is 61.7 Å². The van der Waals surface area contributed by atoms with Gasteiger partial charge in [-0.1, -0.05) is 109 Å². The Balaban J connectivity index is 1.18. The molecular formula is C48H28N6O. The molecule has 3 aliphatic rings. The van der Waals surface area contributed by atoms with Crippen LogP contribution in [0.15, 0.2) is 163 Å². The lowest BCUT2D eigenvalue weighted by molar-refractivity contribution is 0.434. The van der Waals surface area contributed by atoms with Crippen LogP contribution in [0.2, 0.25) is 0 Å². The van der Waals surface area contributed by atoms with Crippen molar-refractivity contribution in [2.24, 2.45) is 4.99 Å². The maximum atomic E-state index is 10.9. The zero-order valence-corrected chi connectivity index (χ0v) is 29.2. The quantitative estimate of drug-likeness (QED) is 0.196. The summed E-state index contributed by atoms with van der Waals surface area (Å²) < 4.78 is 6.54. The van der Waals surface area contributed by atoms with Crippen LogP contribution < -0.4 is 15.0 Å². The number of nitrogens with one attached hydrogen (secondary N) is 1. The molecule has 0 bridgehead atoms. The lowest BCUT2D eigenvalue weighted by Crippen LogP contribution is -2.39. The van der Waals surface area contributed by atoms with Crippen molar-refractivity contribution >= 4 is 28.6 Å². The SMILES string of the molecule is N#Cc1cc2c(cc1C#N)C(c1ccc(N3c4ccccc4C4(c5ccccc5Oc5ccccc54)c4ccccc43)cc1C#N)N=C(c1ccccc1)N2. The molecule has 256 valence electrons. The standard InChI is InChI=1S/C48H28N6O/c49-27-31-25-36-41(26-32(31)28-50)52-47(30-12-2-1-3-13-30)53-46(36)35-23-22-34(24-33(35)29-51)54-42-18-8-4-14-37(42)48(38-15-5-9-19-43(38)54)39-16-6-10-20-44(39)55-45-21-11-7-17-40(45)48/h1-26,46H,(H,52,53). The van der Waals surface area contributed by atoms with Gasteiger partial charge < -0.3 is 15.0 Å². The number of rotatable bonds is 3. The average Bonchev–Trinajstić information content (AvgIpc) is 3.25. The van der Waals surface area contributed by atoms with Crippen LogP contribution in [0.4, 0.5) is 22.7 Å². The molecule has 3 heterocycles. The van der Waals surface area contributed by atoms with E-state index < -0.39 is 11.5 Å². The predicted molar refractivity (Wildman–Crippen MR) is 212 cm³/mol. The van der Waals surface area contributed by atoms with Crippen LogP contribution in [-0.2, 0) is 5.41 Å². The maximum Gasteiger partial charge on any atom is 0.133 e. The normalized spacial score (nSPS) is 15.2. The Hall–Kier alpha value is -7.92. The summed E-state index contributed by atoms with van der Waals surface area (Å²) in [5.74, 6) is 2.24. The number of nitrogens with zero attached hydrogens (tertiary/aromatic N) is 5. The van der Waals surface area contributed by atoms with Gasteiger partial charge in [0.15, 0.2) is 0 Å². The molecule has 0 aromatic heterocycles. The molecule has 0 amide bonds. The van der Waals surface area contributed by atoms with Crippen LogP contribution in [0.5, 0.6) is 11.5 Å². The minimum atomic E-state index is -0.671. The minimum Gasteiger partial charge on any atom is -0.457 e. The molecule has 7 aromatic rings.